The molecule has 3 N–H and O–H groups in total. The van der Waals surface area contributed by atoms with Gasteiger partial charge in [0.25, 0.3) is 6.43 Å². The molecule has 0 radical (unpaired) electrons. The van der Waals surface area contributed by atoms with E-state index in [4.69, 9.17) is 0 Å². The molecule has 28 heavy (non-hydrogen) atoms. The molecule has 0 spiro atoms. The molecule has 9 heteroatoms. The van der Waals surface area contributed by atoms with Crippen molar-refractivity contribution in [3.8, 4) is 11.1 Å². The number of aliphatic hydroxyl groups excluding tert-OH is 1. The lowest BCUT2D eigenvalue weighted by Gasteiger charge is -2.19. The van der Waals surface area contributed by atoms with Crippen LogP contribution in [0.5, 0.6) is 0 Å². The highest BCUT2D eigenvalue weighted by Crippen LogP contribution is 2.26. The van der Waals surface area contributed by atoms with Gasteiger partial charge in [0.05, 0.1) is 19.3 Å². The predicted molar refractivity (Wildman–Crippen MR) is 100 cm³/mol. The topological polar surface area (TPSA) is 96.1 Å². The number of aryl methyl sites for hydroxylation is 1. The minimum Gasteiger partial charge on any atom is -0.393 e. The number of aliphatic hydroxyl groups is 2. The second kappa shape index (κ2) is 7.99. The molecule has 0 saturated carbocycles. The van der Waals surface area contributed by atoms with Gasteiger partial charge in [0.15, 0.2) is 0 Å². The summed E-state index contributed by atoms with van der Waals surface area (Å²) in [5.74, 6) is 0.0871. The van der Waals surface area contributed by atoms with Crippen LogP contribution < -0.4 is 5.32 Å². The third kappa shape index (κ3) is 4.87. The minimum absolute atomic E-state index is 0.0871. The molecular formula is C19H21F2N5O2. The maximum absolute atomic E-state index is 12.8. The van der Waals surface area contributed by atoms with Crippen LogP contribution in [-0.4, -0.2) is 42.2 Å². The highest BCUT2D eigenvalue weighted by atomic mass is 19.3. The van der Waals surface area contributed by atoms with Gasteiger partial charge in [-0.1, -0.05) is 6.07 Å². The van der Waals surface area contributed by atoms with Gasteiger partial charge in [-0.3, -0.25) is 4.68 Å². The molecule has 1 atom stereocenters. The van der Waals surface area contributed by atoms with Gasteiger partial charge in [0, 0.05) is 23.6 Å². The van der Waals surface area contributed by atoms with Crippen LogP contribution in [0.4, 0.5) is 20.4 Å². The number of rotatable bonds is 7. The molecule has 1 aromatic carbocycles. The average molecular weight is 389 g/mol. The lowest BCUT2D eigenvalue weighted by atomic mass is 10.1. The van der Waals surface area contributed by atoms with Crippen molar-refractivity contribution in [2.75, 3.05) is 11.9 Å². The predicted octanol–water partition coefficient (Wildman–Crippen LogP) is 3.07. The number of halogens is 2. The average Bonchev–Trinajstić information content (AvgIpc) is 3.09. The van der Waals surface area contributed by atoms with Gasteiger partial charge in [0.2, 0.25) is 5.95 Å². The maximum Gasteiger partial charge on any atom is 0.280 e. The number of nitrogens with zero attached hydrogens (tertiary/aromatic N) is 4. The second-order valence-corrected chi connectivity index (χ2v) is 6.90. The van der Waals surface area contributed by atoms with Gasteiger partial charge < -0.3 is 15.5 Å². The van der Waals surface area contributed by atoms with Crippen molar-refractivity contribution in [2.45, 2.75) is 32.4 Å². The van der Waals surface area contributed by atoms with Crippen LogP contribution in [0.1, 0.15) is 24.6 Å². The first-order valence-corrected chi connectivity index (χ1v) is 8.62. The molecule has 0 aliphatic carbocycles. The van der Waals surface area contributed by atoms with E-state index in [2.05, 4.69) is 20.4 Å². The molecule has 1 unspecified atom stereocenters. The van der Waals surface area contributed by atoms with E-state index < -0.39 is 12.0 Å². The molecular weight excluding hydrogens is 368 g/mol. The Morgan fingerprint density at radius 2 is 2.04 bits per heavy atom. The van der Waals surface area contributed by atoms with Crippen LogP contribution in [0.2, 0.25) is 0 Å². The summed E-state index contributed by atoms with van der Waals surface area (Å²) in [4.78, 5) is 7.79. The monoisotopic (exact) mass is 389 g/mol. The van der Waals surface area contributed by atoms with Gasteiger partial charge in [-0.05, 0) is 43.2 Å². The van der Waals surface area contributed by atoms with Crippen LogP contribution in [0.3, 0.4) is 0 Å². The summed E-state index contributed by atoms with van der Waals surface area (Å²) in [7, 11) is 0. The van der Waals surface area contributed by atoms with Crippen molar-refractivity contribution in [3.05, 3.63) is 54.1 Å². The number of alkyl halides is 2. The molecule has 0 aliphatic heterocycles. The Balaban J connectivity index is 1.84. The molecule has 148 valence electrons. The number of aromatic nitrogens is 4. The summed E-state index contributed by atoms with van der Waals surface area (Å²) < 4.78 is 27.2. The van der Waals surface area contributed by atoms with Crippen LogP contribution >= 0.6 is 0 Å². The normalized spacial score (nSPS) is 13.5. The van der Waals surface area contributed by atoms with Crippen molar-refractivity contribution in [1.29, 1.82) is 0 Å². The second-order valence-electron chi connectivity index (χ2n) is 6.90. The van der Waals surface area contributed by atoms with E-state index in [1.54, 1.807) is 17.1 Å². The third-order valence-electron chi connectivity index (χ3n) is 4.04. The Morgan fingerprint density at radius 3 is 2.75 bits per heavy atom. The molecule has 7 nitrogen and oxygen atoms in total. The van der Waals surface area contributed by atoms with E-state index in [9.17, 15) is 19.0 Å². The fourth-order valence-corrected chi connectivity index (χ4v) is 2.70. The van der Waals surface area contributed by atoms with Crippen LogP contribution in [0.15, 0.2) is 42.9 Å². The number of anilines is 2. The molecule has 0 saturated heterocycles. The fourth-order valence-electron chi connectivity index (χ4n) is 2.70. The van der Waals surface area contributed by atoms with Crippen molar-refractivity contribution in [2.24, 2.45) is 0 Å². The van der Waals surface area contributed by atoms with Crippen LogP contribution in [0, 0.1) is 6.92 Å². The van der Waals surface area contributed by atoms with Gasteiger partial charge in [-0.2, -0.15) is 5.10 Å². The highest BCUT2D eigenvalue weighted by Gasteiger charge is 2.20. The summed E-state index contributed by atoms with van der Waals surface area (Å²) >= 11 is 0. The third-order valence-corrected chi connectivity index (χ3v) is 4.04. The number of benzene rings is 1. The van der Waals surface area contributed by atoms with E-state index in [1.165, 1.54) is 19.2 Å². The standard InChI is InChI=1S/C19H21F2N5O2/c1-12-5-13(14-8-23-26(9-14)10-19(2,28)11-27)7-15(6-12)24-18-22-4-3-16(25-18)17(20)21/h3-9,17,27-28H,10-11H2,1-2H3,(H,22,24,25). The van der Waals surface area contributed by atoms with E-state index in [0.717, 1.165) is 16.7 Å². The molecule has 0 amide bonds. The van der Waals surface area contributed by atoms with Gasteiger partial charge in [-0.25, -0.2) is 18.7 Å². The molecule has 0 aliphatic rings. The molecule has 2 aromatic heterocycles. The van der Waals surface area contributed by atoms with Crippen LogP contribution in [-0.2, 0) is 6.54 Å². The Hall–Kier alpha value is -2.91. The Kier molecular flexibility index (Phi) is 5.66. The van der Waals surface area contributed by atoms with E-state index >= 15 is 0 Å². The first kappa shape index (κ1) is 19.8. The Bertz CT molecular complexity index is 959. The summed E-state index contributed by atoms with van der Waals surface area (Å²) in [6.45, 7) is 3.20. The first-order valence-electron chi connectivity index (χ1n) is 8.62. The summed E-state index contributed by atoms with van der Waals surface area (Å²) in [6, 6.07) is 6.81. The molecule has 3 rings (SSSR count). The quantitative estimate of drug-likeness (QED) is 0.575. The number of nitrogens with one attached hydrogen (secondary N) is 1. The first-order chi connectivity index (χ1) is 13.3. The van der Waals surface area contributed by atoms with E-state index in [1.807, 2.05) is 25.1 Å². The number of hydrogen-bond donors (Lipinski definition) is 3. The fraction of sp³-hybridized carbons (Fsp3) is 0.316. The van der Waals surface area contributed by atoms with Gasteiger partial charge in [0.1, 0.15) is 11.3 Å². The zero-order valence-electron chi connectivity index (χ0n) is 15.5. The van der Waals surface area contributed by atoms with Crippen molar-refractivity contribution >= 4 is 11.6 Å². The Labute approximate surface area is 160 Å². The highest BCUT2D eigenvalue weighted by molar-refractivity contribution is 5.70. The number of hydrogen-bond acceptors (Lipinski definition) is 6. The molecule has 0 bridgehead atoms. The maximum atomic E-state index is 12.8. The van der Waals surface area contributed by atoms with Gasteiger partial charge >= 0.3 is 0 Å². The summed E-state index contributed by atoms with van der Waals surface area (Å²) in [6.07, 6.45) is 2.03. The molecule has 0 fully saturated rings. The smallest absolute Gasteiger partial charge is 0.280 e. The SMILES string of the molecule is Cc1cc(Nc2nccc(C(F)F)n2)cc(-c2cnn(CC(C)(O)CO)c2)c1. The lowest BCUT2D eigenvalue weighted by Crippen LogP contribution is -2.34. The van der Waals surface area contributed by atoms with Crippen molar-refractivity contribution in [3.63, 3.8) is 0 Å². The minimum atomic E-state index is -2.67. The zero-order chi connectivity index (χ0) is 20.3. The van der Waals surface area contributed by atoms with Gasteiger partial charge in [-0.15, -0.1) is 0 Å². The summed E-state index contributed by atoms with van der Waals surface area (Å²) in [5, 5.41) is 26.3. The lowest BCUT2D eigenvalue weighted by molar-refractivity contribution is -0.0145. The van der Waals surface area contributed by atoms with E-state index in [-0.39, 0.29) is 24.8 Å². The zero-order valence-corrected chi connectivity index (χ0v) is 15.5. The van der Waals surface area contributed by atoms with Crippen LogP contribution in [0.25, 0.3) is 11.1 Å². The molecule has 3 aromatic rings. The molecule has 2 heterocycles. The largest absolute Gasteiger partial charge is 0.393 e. The van der Waals surface area contributed by atoms with Crippen molar-refractivity contribution in [1.82, 2.24) is 19.7 Å². The summed E-state index contributed by atoms with van der Waals surface area (Å²) in [5.41, 5.74) is 1.64. The van der Waals surface area contributed by atoms with E-state index in [0.29, 0.717) is 5.69 Å². The Morgan fingerprint density at radius 1 is 1.25 bits per heavy atom. The van der Waals surface area contributed by atoms with Crippen molar-refractivity contribution < 1.29 is 19.0 Å².